The van der Waals surface area contributed by atoms with Crippen LogP contribution in [0.3, 0.4) is 0 Å². The van der Waals surface area contributed by atoms with E-state index in [1.807, 2.05) is 67.6 Å². The summed E-state index contributed by atoms with van der Waals surface area (Å²) < 4.78 is 5.66. The zero-order chi connectivity index (χ0) is 20.4. The smallest absolute Gasteiger partial charge is 0.140 e. The van der Waals surface area contributed by atoms with Gasteiger partial charge in [-0.25, -0.2) is 0 Å². The minimum atomic E-state index is -1.27. The highest BCUT2D eigenvalue weighted by Crippen LogP contribution is 2.42. The molecule has 0 fully saturated rings. The fourth-order valence-corrected chi connectivity index (χ4v) is 3.65. The van der Waals surface area contributed by atoms with Gasteiger partial charge in [-0.05, 0) is 40.2 Å². The van der Waals surface area contributed by atoms with E-state index in [2.05, 4.69) is 39.0 Å². The van der Waals surface area contributed by atoms with Crippen LogP contribution in [0.4, 0.5) is 0 Å². The summed E-state index contributed by atoms with van der Waals surface area (Å²) in [5.41, 5.74) is 3.43. The van der Waals surface area contributed by atoms with Crippen LogP contribution in [0.15, 0.2) is 78.9 Å². The highest BCUT2D eigenvalue weighted by Gasteiger charge is 2.37. The lowest BCUT2D eigenvalue weighted by Gasteiger charge is -2.34. The molecule has 1 N–H and O–H groups in total. The van der Waals surface area contributed by atoms with Crippen molar-refractivity contribution in [3.63, 3.8) is 0 Å². The minimum Gasteiger partial charge on any atom is -0.377 e. The lowest BCUT2D eigenvalue weighted by atomic mass is 9.75. The van der Waals surface area contributed by atoms with Crippen LogP contribution in [-0.2, 0) is 15.8 Å². The normalized spacial score (nSPS) is 13.4. The number of benzene rings is 3. The number of hydrogen-bond donors (Lipinski definition) is 1. The second-order valence-electron chi connectivity index (χ2n) is 8.37. The molecule has 0 saturated heterocycles. The van der Waals surface area contributed by atoms with Crippen molar-refractivity contribution in [1.29, 1.82) is 0 Å². The van der Waals surface area contributed by atoms with Gasteiger partial charge in [-0.15, -0.1) is 0 Å². The highest BCUT2D eigenvalue weighted by atomic mass is 16.5. The van der Waals surface area contributed by atoms with Crippen LogP contribution in [0.2, 0.25) is 0 Å². The van der Waals surface area contributed by atoms with Gasteiger partial charge in [0.15, 0.2) is 0 Å². The summed E-state index contributed by atoms with van der Waals surface area (Å²) in [5.74, 6) is 0. The third-order valence-corrected chi connectivity index (χ3v) is 5.48. The van der Waals surface area contributed by atoms with Gasteiger partial charge in [-0.3, -0.25) is 0 Å². The third-order valence-electron chi connectivity index (χ3n) is 5.48. The molecule has 28 heavy (non-hydrogen) atoms. The van der Waals surface area contributed by atoms with Crippen molar-refractivity contribution in [2.24, 2.45) is 0 Å². The predicted molar refractivity (Wildman–Crippen MR) is 116 cm³/mol. The fourth-order valence-electron chi connectivity index (χ4n) is 3.65. The average Bonchev–Trinajstić information content (AvgIpc) is 2.72. The van der Waals surface area contributed by atoms with E-state index in [1.54, 1.807) is 7.11 Å². The molecule has 0 heterocycles. The van der Waals surface area contributed by atoms with E-state index in [1.165, 1.54) is 5.56 Å². The maximum atomic E-state index is 12.3. The molecule has 0 unspecified atom stereocenters. The average molecular weight is 375 g/mol. The Morgan fingerprint density at radius 3 is 1.68 bits per heavy atom. The van der Waals surface area contributed by atoms with Crippen LogP contribution in [0, 0.1) is 0 Å². The number of hydrogen-bond acceptors (Lipinski definition) is 2. The maximum Gasteiger partial charge on any atom is 0.140 e. The number of ether oxygens (including phenoxy) is 1. The first-order valence-corrected chi connectivity index (χ1v) is 9.79. The molecular formula is C26H30O2. The van der Waals surface area contributed by atoms with Crippen molar-refractivity contribution in [3.05, 3.63) is 107 Å². The van der Waals surface area contributed by atoms with Crippen LogP contribution in [0.1, 0.15) is 61.6 Å². The van der Waals surface area contributed by atoms with Crippen molar-refractivity contribution in [2.75, 3.05) is 7.11 Å². The maximum absolute atomic E-state index is 12.3. The summed E-state index contributed by atoms with van der Waals surface area (Å²) in [5, 5.41) is 12.3. The molecular weight excluding hydrogens is 344 g/mol. The van der Waals surface area contributed by atoms with Crippen LogP contribution >= 0.6 is 0 Å². The Morgan fingerprint density at radius 2 is 1.25 bits per heavy atom. The Bertz CT molecular complexity index is 869. The molecule has 2 heteroatoms. The Balaban J connectivity index is 2.37. The second kappa shape index (κ2) is 7.90. The zero-order valence-corrected chi connectivity index (χ0v) is 17.4. The molecule has 0 aliphatic heterocycles. The Kier molecular flexibility index (Phi) is 5.74. The quantitative estimate of drug-likeness (QED) is 0.557. The first-order valence-electron chi connectivity index (χ1n) is 9.79. The fraction of sp³-hybridized carbons (Fsp3) is 0.308. The van der Waals surface area contributed by atoms with E-state index in [4.69, 9.17) is 4.74 Å². The number of methoxy groups -OCH3 is 1. The van der Waals surface area contributed by atoms with Gasteiger partial charge < -0.3 is 9.84 Å². The lowest BCUT2D eigenvalue weighted by Crippen LogP contribution is -2.31. The molecule has 3 rings (SSSR count). The van der Waals surface area contributed by atoms with Gasteiger partial charge in [-0.2, -0.15) is 0 Å². The van der Waals surface area contributed by atoms with Crippen LogP contribution in [0.5, 0.6) is 0 Å². The molecule has 146 valence electrons. The molecule has 0 radical (unpaired) electrons. The van der Waals surface area contributed by atoms with Gasteiger partial charge in [0, 0.05) is 7.11 Å². The van der Waals surface area contributed by atoms with Gasteiger partial charge >= 0.3 is 0 Å². The van der Waals surface area contributed by atoms with Crippen LogP contribution in [0.25, 0.3) is 0 Å². The molecule has 3 aromatic carbocycles. The van der Waals surface area contributed by atoms with Gasteiger partial charge in [0.1, 0.15) is 5.60 Å². The molecule has 2 nitrogen and oxygen atoms in total. The molecule has 3 aromatic rings. The van der Waals surface area contributed by atoms with Crippen molar-refractivity contribution < 1.29 is 9.84 Å². The van der Waals surface area contributed by atoms with Crippen molar-refractivity contribution in [1.82, 2.24) is 0 Å². The zero-order valence-electron chi connectivity index (χ0n) is 17.4. The van der Waals surface area contributed by atoms with E-state index in [0.29, 0.717) is 0 Å². The Hall–Kier alpha value is -2.42. The third kappa shape index (κ3) is 3.76. The molecule has 0 bridgehead atoms. The predicted octanol–water partition coefficient (Wildman–Crippen LogP) is 5.98. The molecule has 0 amide bonds. The summed E-state index contributed by atoms with van der Waals surface area (Å²) in [6.07, 6.45) is -0.136. The first-order chi connectivity index (χ1) is 13.3. The standard InChI is InChI=1S/C26H30O2/c1-19(28-5)23-17-16-22(25(2,3)4)18-24(23)26(27,20-12-8-6-9-13-20)21-14-10-7-11-15-21/h6-19,27H,1-5H3/t19-/m0/s1. The van der Waals surface area contributed by atoms with Gasteiger partial charge in [0.25, 0.3) is 0 Å². The Morgan fingerprint density at radius 1 is 0.750 bits per heavy atom. The van der Waals surface area contributed by atoms with Crippen molar-refractivity contribution >= 4 is 0 Å². The highest BCUT2D eigenvalue weighted by molar-refractivity contribution is 5.52. The summed E-state index contributed by atoms with van der Waals surface area (Å²) >= 11 is 0. The van der Waals surface area contributed by atoms with E-state index in [9.17, 15) is 5.11 Å². The largest absolute Gasteiger partial charge is 0.377 e. The van der Waals surface area contributed by atoms with Crippen LogP contribution < -0.4 is 0 Å². The summed E-state index contributed by atoms with van der Waals surface area (Å²) in [4.78, 5) is 0. The molecule has 0 aromatic heterocycles. The minimum absolute atomic E-state index is 0.0299. The Labute approximate surface area is 168 Å². The molecule has 0 aliphatic carbocycles. The van der Waals surface area contributed by atoms with E-state index >= 15 is 0 Å². The number of aliphatic hydroxyl groups is 1. The number of rotatable bonds is 5. The van der Waals surface area contributed by atoms with Crippen molar-refractivity contribution in [3.8, 4) is 0 Å². The lowest BCUT2D eigenvalue weighted by molar-refractivity contribution is 0.100. The molecule has 1 atom stereocenters. The van der Waals surface area contributed by atoms with Crippen LogP contribution in [-0.4, -0.2) is 12.2 Å². The van der Waals surface area contributed by atoms with Gasteiger partial charge in [0.05, 0.1) is 6.10 Å². The molecule has 0 aliphatic rings. The molecule has 0 saturated carbocycles. The van der Waals surface area contributed by atoms with E-state index < -0.39 is 5.60 Å². The summed E-state index contributed by atoms with van der Waals surface area (Å²) in [6.45, 7) is 8.59. The summed E-state index contributed by atoms with van der Waals surface area (Å²) in [6, 6.07) is 26.1. The topological polar surface area (TPSA) is 29.5 Å². The SMILES string of the molecule is CO[C@@H](C)c1ccc(C(C)(C)C)cc1C(O)(c1ccccc1)c1ccccc1. The second-order valence-corrected chi connectivity index (χ2v) is 8.37. The van der Waals surface area contributed by atoms with Gasteiger partial charge in [-0.1, -0.05) is 99.6 Å². The van der Waals surface area contributed by atoms with E-state index in [0.717, 1.165) is 22.3 Å². The van der Waals surface area contributed by atoms with E-state index in [-0.39, 0.29) is 11.5 Å². The monoisotopic (exact) mass is 374 g/mol. The summed E-state index contributed by atoms with van der Waals surface area (Å²) in [7, 11) is 1.70. The molecule has 0 spiro atoms. The van der Waals surface area contributed by atoms with Gasteiger partial charge in [0.2, 0.25) is 0 Å². The first kappa shape index (κ1) is 20.3. The van der Waals surface area contributed by atoms with Crippen molar-refractivity contribution in [2.45, 2.75) is 44.8 Å².